The topological polar surface area (TPSA) is 83.6 Å². The molecule has 1 saturated heterocycles. The number of benzene rings is 1. The number of aryl methyl sites for hydroxylation is 1. The Bertz CT molecular complexity index is 667. The lowest BCUT2D eigenvalue weighted by molar-refractivity contribution is -0.144. The molecule has 0 bridgehead atoms. The standard InChI is InChI=1S/C15H20N2O4S/c1-3-17(13-8-9-22(20,21)10-13)15(19)14(18)16-12-6-4-11(2)5-7-12/h4-7,13H,3,8-10H2,1-2H3,(H,16,18). The predicted molar refractivity (Wildman–Crippen MR) is 84.3 cm³/mol. The van der Waals surface area contributed by atoms with Crippen LogP contribution in [-0.4, -0.2) is 49.2 Å². The van der Waals surface area contributed by atoms with E-state index >= 15 is 0 Å². The van der Waals surface area contributed by atoms with Crippen LogP contribution in [0.2, 0.25) is 0 Å². The summed E-state index contributed by atoms with van der Waals surface area (Å²) in [7, 11) is -3.10. The molecule has 120 valence electrons. The molecule has 0 aromatic heterocycles. The molecular weight excluding hydrogens is 304 g/mol. The van der Waals surface area contributed by atoms with Crippen molar-refractivity contribution in [3.8, 4) is 0 Å². The van der Waals surface area contributed by atoms with Gasteiger partial charge in [-0.3, -0.25) is 9.59 Å². The second-order valence-electron chi connectivity index (χ2n) is 5.47. The van der Waals surface area contributed by atoms with Gasteiger partial charge in [0.2, 0.25) is 0 Å². The zero-order valence-electron chi connectivity index (χ0n) is 12.7. The lowest BCUT2D eigenvalue weighted by atomic mass is 10.2. The van der Waals surface area contributed by atoms with Gasteiger partial charge in [0, 0.05) is 18.3 Å². The smallest absolute Gasteiger partial charge is 0.313 e. The molecule has 0 saturated carbocycles. The minimum absolute atomic E-state index is 0.0651. The van der Waals surface area contributed by atoms with Crippen LogP contribution in [0.5, 0.6) is 0 Å². The summed E-state index contributed by atoms with van der Waals surface area (Å²) in [4.78, 5) is 25.7. The number of nitrogens with one attached hydrogen (secondary N) is 1. The molecule has 1 aromatic rings. The molecule has 1 aliphatic heterocycles. The van der Waals surface area contributed by atoms with Crippen molar-refractivity contribution < 1.29 is 18.0 Å². The van der Waals surface area contributed by atoms with Crippen LogP contribution in [0.3, 0.4) is 0 Å². The van der Waals surface area contributed by atoms with Crippen LogP contribution in [0.1, 0.15) is 18.9 Å². The van der Waals surface area contributed by atoms with Gasteiger partial charge >= 0.3 is 11.8 Å². The van der Waals surface area contributed by atoms with Gasteiger partial charge in [-0.05, 0) is 32.4 Å². The van der Waals surface area contributed by atoms with E-state index in [9.17, 15) is 18.0 Å². The van der Waals surface area contributed by atoms with Gasteiger partial charge in [-0.1, -0.05) is 17.7 Å². The van der Waals surface area contributed by atoms with E-state index in [-0.39, 0.29) is 11.5 Å². The highest BCUT2D eigenvalue weighted by atomic mass is 32.2. The van der Waals surface area contributed by atoms with E-state index in [1.54, 1.807) is 19.1 Å². The van der Waals surface area contributed by atoms with Gasteiger partial charge in [0.25, 0.3) is 0 Å². The lowest BCUT2D eigenvalue weighted by Gasteiger charge is -2.26. The summed E-state index contributed by atoms with van der Waals surface area (Å²) in [6, 6.07) is 6.70. The van der Waals surface area contributed by atoms with E-state index in [0.717, 1.165) is 5.56 Å². The van der Waals surface area contributed by atoms with Gasteiger partial charge in [-0.15, -0.1) is 0 Å². The normalized spacial score (nSPS) is 19.6. The Morgan fingerprint density at radius 1 is 1.27 bits per heavy atom. The van der Waals surface area contributed by atoms with Gasteiger partial charge < -0.3 is 10.2 Å². The third kappa shape index (κ3) is 3.85. The van der Waals surface area contributed by atoms with E-state index in [4.69, 9.17) is 0 Å². The molecule has 0 spiro atoms. The minimum atomic E-state index is -3.10. The van der Waals surface area contributed by atoms with Crippen LogP contribution in [-0.2, 0) is 19.4 Å². The zero-order valence-corrected chi connectivity index (χ0v) is 13.5. The molecule has 1 atom stereocenters. The fourth-order valence-corrected chi connectivity index (χ4v) is 4.27. The number of likely N-dealkylation sites (N-methyl/N-ethyl adjacent to an activating group) is 1. The van der Waals surface area contributed by atoms with E-state index < -0.39 is 27.7 Å². The maximum atomic E-state index is 12.3. The summed E-state index contributed by atoms with van der Waals surface area (Å²) in [5, 5.41) is 2.55. The molecule has 2 rings (SSSR count). The molecule has 1 fully saturated rings. The molecule has 1 unspecified atom stereocenters. The second kappa shape index (κ2) is 6.48. The number of nitrogens with zero attached hydrogens (tertiary/aromatic N) is 1. The summed E-state index contributed by atoms with van der Waals surface area (Å²) in [6.07, 6.45) is 0.389. The molecule has 0 radical (unpaired) electrons. The fraction of sp³-hybridized carbons (Fsp3) is 0.467. The van der Waals surface area contributed by atoms with Gasteiger partial charge in [-0.25, -0.2) is 8.42 Å². The summed E-state index contributed by atoms with van der Waals surface area (Å²) >= 11 is 0. The van der Waals surface area contributed by atoms with Gasteiger partial charge in [0.1, 0.15) is 0 Å². The third-order valence-electron chi connectivity index (χ3n) is 3.75. The van der Waals surface area contributed by atoms with Crippen molar-refractivity contribution in [1.82, 2.24) is 4.90 Å². The first-order chi connectivity index (χ1) is 10.3. The van der Waals surface area contributed by atoms with E-state index in [1.165, 1.54) is 4.90 Å². The van der Waals surface area contributed by atoms with Crippen molar-refractivity contribution in [3.05, 3.63) is 29.8 Å². The lowest BCUT2D eigenvalue weighted by Crippen LogP contribution is -2.46. The van der Waals surface area contributed by atoms with Crippen LogP contribution >= 0.6 is 0 Å². The molecular formula is C15H20N2O4S. The van der Waals surface area contributed by atoms with Crippen LogP contribution < -0.4 is 5.32 Å². The fourth-order valence-electron chi connectivity index (χ4n) is 2.54. The van der Waals surface area contributed by atoms with Crippen molar-refractivity contribution in [2.75, 3.05) is 23.4 Å². The van der Waals surface area contributed by atoms with Crippen LogP contribution in [0.4, 0.5) is 5.69 Å². The quantitative estimate of drug-likeness (QED) is 0.840. The van der Waals surface area contributed by atoms with Crippen molar-refractivity contribution in [1.29, 1.82) is 0 Å². The highest BCUT2D eigenvalue weighted by molar-refractivity contribution is 7.91. The van der Waals surface area contributed by atoms with Crippen LogP contribution in [0.15, 0.2) is 24.3 Å². The Balaban J connectivity index is 2.05. The number of hydrogen-bond donors (Lipinski definition) is 1. The Morgan fingerprint density at radius 3 is 2.41 bits per heavy atom. The molecule has 1 aliphatic rings. The maximum absolute atomic E-state index is 12.3. The highest BCUT2D eigenvalue weighted by Crippen LogP contribution is 2.18. The molecule has 7 heteroatoms. The molecule has 1 aromatic carbocycles. The number of carbonyl (C=O) groups excluding carboxylic acids is 2. The van der Waals surface area contributed by atoms with Crippen molar-refractivity contribution in [3.63, 3.8) is 0 Å². The Morgan fingerprint density at radius 2 is 1.91 bits per heavy atom. The largest absolute Gasteiger partial charge is 0.331 e. The second-order valence-corrected chi connectivity index (χ2v) is 7.70. The summed E-state index contributed by atoms with van der Waals surface area (Å²) < 4.78 is 23.1. The summed E-state index contributed by atoms with van der Waals surface area (Å²) in [5.74, 6) is -1.43. The van der Waals surface area contributed by atoms with Gasteiger partial charge in [0.05, 0.1) is 11.5 Å². The van der Waals surface area contributed by atoms with Gasteiger partial charge in [0.15, 0.2) is 9.84 Å². The zero-order chi connectivity index (χ0) is 16.3. The number of amides is 2. The summed E-state index contributed by atoms with van der Waals surface area (Å²) in [5.41, 5.74) is 1.59. The minimum Gasteiger partial charge on any atom is -0.331 e. The average molecular weight is 324 g/mol. The number of anilines is 1. The van der Waals surface area contributed by atoms with Crippen molar-refractivity contribution in [2.24, 2.45) is 0 Å². The molecule has 2 amide bonds. The van der Waals surface area contributed by atoms with E-state index in [1.807, 2.05) is 19.1 Å². The monoisotopic (exact) mass is 324 g/mol. The third-order valence-corrected chi connectivity index (χ3v) is 5.50. The number of carbonyl (C=O) groups is 2. The molecule has 6 nitrogen and oxygen atoms in total. The first-order valence-electron chi connectivity index (χ1n) is 7.21. The first-order valence-corrected chi connectivity index (χ1v) is 9.03. The summed E-state index contributed by atoms with van der Waals surface area (Å²) in [6.45, 7) is 3.97. The average Bonchev–Trinajstić information content (AvgIpc) is 2.82. The SMILES string of the molecule is CCN(C(=O)C(=O)Nc1ccc(C)cc1)C1CCS(=O)(=O)C1. The van der Waals surface area contributed by atoms with Crippen LogP contribution in [0.25, 0.3) is 0 Å². The highest BCUT2D eigenvalue weighted by Gasteiger charge is 2.35. The van der Waals surface area contributed by atoms with E-state index in [0.29, 0.717) is 18.7 Å². The van der Waals surface area contributed by atoms with Gasteiger partial charge in [-0.2, -0.15) is 0 Å². The Hall–Kier alpha value is -1.89. The van der Waals surface area contributed by atoms with Crippen LogP contribution in [0, 0.1) is 6.92 Å². The number of sulfone groups is 1. The first kappa shape index (κ1) is 16.5. The molecule has 0 aliphatic carbocycles. The van der Waals surface area contributed by atoms with Crippen molar-refractivity contribution in [2.45, 2.75) is 26.3 Å². The number of rotatable bonds is 3. The van der Waals surface area contributed by atoms with Crippen molar-refractivity contribution >= 4 is 27.3 Å². The number of hydrogen-bond acceptors (Lipinski definition) is 4. The molecule has 1 heterocycles. The maximum Gasteiger partial charge on any atom is 0.313 e. The molecule has 22 heavy (non-hydrogen) atoms. The Kier molecular flexibility index (Phi) is 4.85. The van der Waals surface area contributed by atoms with E-state index in [2.05, 4.69) is 5.32 Å². The Labute approximate surface area is 130 Å². The molecule has 1 N–H and O–H groups in total. The predicted octanol–water partition coefficient (Wildman–Crippen LogP) is 0.969.